The van der Waals surface area contributed by atoms with Crippen molar-refractivity contribution in [2.45, 2.75) is 55.9 Å². The molecule has 4 heterocycles. The maximum Gasteiger partial charge on any atom is 0.220 e. The number of rotatable bonds is 4. The number of phenolic OH excluding ortho intramolecular Hbond substituents is 1. The standard InChI is InChI=1S/C22H26FN5O2/c1-28(18-8-14-3-5-16(27-14)22(18)23)20-11-24-17(10-25-20)15-4-2-12(6-19(15)29)13-7-21(30)26-9-13/h2,4,6,10-11,13-14,16,18,22,27,29H,3,5,7-9H2,1H3,(H,26,30)/t13-,14?,16?,18-,22+/m1/s1. The molecular formula is C22H26FN5O2. The molecule has 2 bridgehead atoms. The van der Waals surface area contributed by atoms with Crippen LogP contribution in [0.25, 0.3) is 11.3 Å². The minimum absolute atomic E-state index is 0.0337. The van der Waals surface area contributed by atoms with Crippen molar-refractivity contribution in [1.29, 1.82) is 0 Å². The van der Waals surface area contributed by atoms with Gasteiger partial charge >= 0.3 is 0 Å². The summed E-state index contributed by atoms with van der Waals surface area (Å²) in [4.78, 5) is 22.3. The number of carbonyl (C=O) groups excluding carboxylic acids is 1. The van der Waals surface area contributed by atoms with Crippen molar-refractivity contribution >= 4 is 11.7 Å². The van der Waals surface area contributed by atoms with E-state index in [2.05, 4.69) is 20.6 Å². The van der Waals surface area contributed by atoms with Crippen LogP contribution in [0.1, 0.15) is 37.2 Å². The average Bonchev–Trinajstić information content (AvgIpc) is 3.37. The van der Waals surface area contributed by atoms with E-state index in [-0.39, 0.29) is 29.7 Å². The van der Waals surface area contributed by atoms with Gasteiger partial charge in [0.25, 0.3) is 0 Å². The number of amides is 1. The number of hydrogen-bond donors (Lipinski definition) is 3. The number of hydrogen-bond acceptors (Lipinski definition) is 6. The quantitative estimate of drug-likeness (QED) is 0.714. The first kappa shape index (κ1) is 19.2. The van der Waals surface area contributed by atoms with Gasteiger partial charge in [-0.1, -0.05) is 6.07 Å². The monoisotopic (exact) mass is 411 g/mol. The summed E-state index contributed by atoms with van der Waals surface area (Å²) in [5.41, 5.74) is 2.06. The fraction of sp³-hybridized carbons (Fsp3) is 0.500. The van der Waals surface area contributed by atoms with Crippen molar-refractivity contribution in [3.63, 3.8) is 0 Å². The molecule has 0 spiro atoms. The molecule has 0 radical (unpaired) electrons. The molecule has 0 saturated carbocycles. The highest BCUT2D eigenvalue weighted by molar-refractivity contribution is 5.79. The molecule has 5 atom stereocenters. The van der Waals surface area contributed by atoms with Crippen LogP contribution in [0.15, 0.2) is 30.6 Å². The molecule has 1 aromatic carbocycles. The average molecular weight is 411 g/mol. The lowest BCUT2D eigenvalue weighted by Crippen LogP contribution is -2.55. The highest BCUT2D eigenvalue weighted by atomic mass is 19.1. The van der Waals surface area contributed by atoms with Crippen LogP contribution in [0.4, 0.5) is 10.2 Å². The largest absolute Gasteiger partial charge is 0.507 e. The van der Waals surface area contributed by atoms with Crippen LogP contribution in [0.5, 0.6) is 5.75 Å². The Hall–Kier alpha value is -2.74. The Kier molecular flexibility index (Phi) is 4.81. The van der Waals surface area contributed by atoms with E-state index in [0.29, 0.717) is 36.1 Å². The maximum atomic E-state index is 14.9. The molecular weight excluding hydrogens is 385 g/mol. The predicted molar refractivity (Wildman–Crippen MR) is 111 cm³/mol. The first-order chi connectivity index (χ1) is 14.5. The van der Waals surface area contributed by atoms with Crippen LogP contribution < -0.4 is 15.5 Å². The highest BCUT2D eigenvalue weighted by Gasteiger charge is 2.43. The van der Waals surface area contributed by atoms with E-state index >= 15 is 0 Å². The Morgan fingerprint density at radius 1 is 1.23 bits per heavy atom. The van der Waals surface area contributed by atoms with Crippen molar-refractivity contribution in [3.8, 4) is 17.0 Å². The van der Waals surface area contributed by atoms with Gasteiger partial charge in [0, 0.05) is 43.6 Å². The topological polar surface area (TPSA) is 90.4 Å². The Balaban J connectivity index is 1.33. The number of aromatic nitrogens is 2. The fourth-order valence-electron chi connectivity index (χ4n) is 5.02. The van der Waals surface area contributed by atoms with Gasteiger partial charge in [-0.25, -0.2) is 9.37 Å². The number of halogens is 1. The van der Waals surface area contributed by atoms with Crippen LogP contribution in [-0.2, 0) is 4.79 Å². The maximum absolute atomic E-state index is 14.9. The molecule has 7 nitrogen and oxygen atoms in total. The molecule has 3 N–H and O–H groups in total. The van der Waals surface area contributed by atoms with Crippen molar-refractivity contribution < 1.29 is 14.3 Å². The highest BCUT2D eigenvalue weighted by Crippen LogP contribution is 2.35. The molecule has 3 saturated heterocycles. The van der Waals surface area contributed by atoms with Crippen LogP contribution in [0, 0.1) is 0 Å². The van der Waals surface area contributed by atoms with E-state index in [1.165, 1.54) is 0 Å². The predicted octanol–water partition coefficient (Wildman–Crippen LogP) is 2.12. The number of anilines is 1. The summed E-state index contributed by atoms with van der Waals surface area (Å²) in [6, 6.07) is 5.52. The number of benzene rings is 1. The van der Waals surface area contributed by atoms with Crippen LogP contribution in [-0.4, -0.2) is 58.9 Å². The van der Waals surface area contributed by atoms with Gasteiger partial charge < -0.3 is 20.6 Å². The SMILES string of the molecule is CN(c1cnc(-c2ccc([C@H]3CNC(=O)C3)cc2O)cn1)[C@@H]1CC2CCC(N2)[C@@H]1F. The number of alkyl halides is 1. The van der Waals surface area contributed by atoms with Crippen molar-refractivity contribution in [3.05, 3.63) is 36.2 Å². The van der Waals surface area contributed by atoms with E-state index in [4.69, 9.17) is 0 Å². The number of nitrogens with zero attached hydrogens (tertiary/aromatic N) is 3. The molecule has 158 valence electrons. The summed E-state index contributed by atoms with van der Waals surface area (Å²) in [5, 5.41) is 16.7. The van der Waals surface area contributed by atoms with E-state index < -0.39 is 6.17 Å². The number of carbonyl (C=O) groups is 1. The molecule has 3 aliphatic rings. The number of piperidine rings is 1. The van der Waals surface area contributed by atoms with Gasteiger partial charge in [-0.3, -0.25) is 9.78 Å². The zero-order valence-electron chi connectivity index (χ0n) is 16.9. The summed E-state index contributed by atoms with van der Waals surface area (Å²) < 4.78 is 14.9. The molecule has 0 aliphatic carbocycles. The van der Waals surface area contributed by atoms with Crippen molar-refractivity contribution in [2.75, 3.05) is 18.5 Å². The lowest BCUT2D eigenvalue weighted by atomic mass is 9.96. The molecule has 2 unspecified atom stereocenters. The Morgan fingerprint density at radius 2 is 2.10 bits per heavy atom. The molecule has 1 aromatic heterocycles. The zero-order valence-corrected chi connectivity index (χ0v) is 16.9. The van der Waals surface area contributed by atoms with E-state index in [1.54, 1.807) is 18.5 Å². The fourth-order valence-corrected chi connectivity index (χ4v) is 5.02. The number of aromatic hydroxyl groups is 1. The molecule has 30 heavy (non-hydrogen) atoms. The molecule has 2 aromatic rings. The van der Waals surface area contributed by atoms with Gasteiger partial charge in [0.15, 0.2) is 0 Å². The summed E-state index contributed by atoms with van der Waals surface area (Å²) in [5.74, 6) is 0.847. The van der Waals surface area contributed by atoms with E-state index in [1.807, 2.05) is 24.1 Å². The third-order valence-corrected chi connectivity index (χ3v) is 6.80. The summed E-state index contributed by atoms with van der Waals surface area (Å²) in [6.45, 7) is 0.590. The van der Waals surface area contributed by atoms with Gasteiger partial charge in [0.05, 0.1) is 24.1 Å². The Bertz CT molecular complexity index is 953. The first-order valence-corrected chi connectivity index (χ1v) is 10.5. The second kappa shape index (κ2) is 7.50. The van der Waals surface area contributed by atoms with Gasteiger partial charge in [-0.05, 0) is 37.0 Å². The molecule has 5 rings (SSSR count). The lowest BCUT2D eigenvalue weighted by molar-refractivity contribution is -0.119. The summed E-state index contributed by atoms with van der Waals surface area (Å²) in [7, 11) is 1.87. The van der Waals surface area contributed by atoms with Gasteiger partial charge in [-0.2, -0.15) is 0 Å². The third kappa shape index (κ3) is 3.39. The van der Waals surface area contributed by atoms with E-state index in [0.717, 1.165) is 24.8 Å². The van der Waals surface area contributed by atoms with Crippen LogP contribution in [0.2, 0.25) is 0 Å². The van der Waals surface area contributed by atoms with Gasteiger partial charge in [0.1, 0.15) is 17.7 Å². The normalized spacial score (nSPS) is 30.3. The zero-order chi connectivity index (χ0) is 20.8. The van der Waals surface area contributed by atoms with Crippen molar-refractivity contribution in [2.24, 2.45) is 0 Å². The molecule has 8 heteroatoms. The van der Waals surface area contributed by atoms with Gasteiger partial charge in [-0.15, -0.1) is 0 Å². The Morgan fingerprint density at radius 3 is 2.80 bits per heavy atom. The third-order valence-electron chi connectivity index (χ3n) is 6.80. The minimum atomic E-state index is -0.927. The second-order valence-corrected chi connectivity index (χ2v) is 8.65. The second-order valence-electron chi connectivity index (χ2n) is 8.65. The summed E-state index contributed by atoms with van der Waals surface area (Å²) in [6.07, 6.45) is 5.44. The lowest BCUT2D eigenvalue weighted by Gasteiger charge is -2.38. The molecule has 1 amide bonds. The van der Waals surface area contributed by atoms with E-state index in [9.17, 15) is 14.3 Å². The summed E-state index contributed by atoms with van der Waals surface area (Å²) >= 11 is 0. The van der Waals surface area contributed by atoms with Crippen LogP contribution >= 0.6 is 0 Å². The number of fused-ring (bicyclic) bond motifs is 2. The van der Waals surface area contributed by atoms with Crippen LogP contribution in [0.3, 0.4) is 0 Å². The molecule has 3 aliphatic heterocycles. The molecule has 3 fully saturated rings. The smallest absolute Gasteiger partial charge is 0.220 e. The first-order valence-electron chi connectivity index (χ1n) is 10.5. The van der Waals surface area contributed by atoms with Crippen molar-refractivity contribution in [1.82, 2.24) is 20.6 Å². The minimum Gasteiger partial charge on any atom is -0.507 e. The number of nitrogens with one attached hydrogen (secondary N) is 2. The number of phenols is 1. The Labute approximate surface area is 174 Å². The van der Waals surface area contributed by atoms with Gasteiger partial charge in [0.2, 0.25) is 5.91 Å².